The molecule has 0 unspecified atom stereocenters. The van der Waals surface area contributed by atoms with Gasteiger partial charge >= 0.3 is 5.97 Å². The summed E-state index contributed by atoms with van der Waals surface area (Å²) >= 11 is 0. The Hall–Kier alpha value is -2.81. The Morgan fingerprint density at radius 2 is 2.14 bits per heavy atom. The van der Waals surface area contributed by atoms with E-state index in [0.29, 0.717) is 12.2 Å². The highest BCUT2D eigenvalue weighted by Gasteiger charge is 2.22. The largest absolute Gasteiger partial charge is 0.448 e. The number of nitrogens with one attached hydrogen (secondary N) is 1. The Kier molecular flexibility index (Phi) is 4.79. The summed E-state index contributed by atoms with van der Waals surface area (Å²) in [4.78, 5) is 28.4. The molecule has 6 heteroatoms. The number of esters is 1. The minimum absolute atomic E-state index is 0.241. The number of hydrogen-bond acceptors (Lipinski definition) is 4. The van der Waals surface area contributed by atoms with Gasteiger partial charge in [0, 0.05) is 24.5 Å². The van der Waals surface area contributed by atoms with Crippen LogP contribution in [0.25, 0.3) is 10.9 Å². The zero-order chi connectivity index (χ0) is 16.1. The zero-order valence-corrected chi connectivity index (χ0v) is 12.5. The molecule has 0 spiro atoms. The molecule has 22 heavy (non-hydrogen) atoms. The second-order valence-electron chi connectivity index (χ2n) is 4.99. The van der Waals surface area contributed by atoms with E-state index in [-0.39, 0.29) is 12.3 Å². The van der Waals surface area contributed by atoms with Crippen LogP contribution < -0.4 is 0 Å². The van der Waals surface area contributed by atoms with Crippen LogP contribution in [0.4, 0.5) is 0 Å². The Bertz CT molecular complexity index is 697. The molecule has 1 atom stereocenters. The van der Waals surface area contributed by atoms with Gasteiger partial charge in [0.15, 0.2) is 6.10 Å². The van der Waals surface area contributed by atoms with E-state index in [2.05, 4.69) is 4.98 Å². The molecule has 1 aromatic carbocycles. The first-order chi connectivity index (χ1) is 10.5. The lowest BCUT2D eigenvalue weighted by atomic mass is 10.2. The van der Waals surface area contributed by atoms with Gasteiger partial charge in [-0.05, 0) is 19.1 Å². The second kappa shape index (κ2) is 6.76. The lowest BCUT2D eigenvalue weighted by Crippen LogP contribution is -2.37. The molecular formula is C16H17N3O3. The molecule has 1 aromatic heterocycles. The predicted octanol–water partition coefficient (Wildman–Crippen LogP) is 2.09. The van der Waals surface area contributed by atoms with Gasteiger partial charge in [0.1, 0.15) is 5.69 Å². The number of carbonyl (C=O) groups excluding carboxylic acids is 2. The van der Waals surface area contributed by atoms with Crippen molar-refractivity contribution in [1.82, 2.24) is 9.88 Å². The molecule has 0 bridgehead atoms. The highest BCUT2D eigenvalue weighted by Crippen LogP contribution is 2.16. The normalized spacial score (nSPS) is 11.7. The first-order valence-corrected chi connectivity index (χ1v) is 6.93. The molecule has 0 aliphatic carbocycles. The molecule has 6 nitrogen and oxygen atoms in total. The quantitative estimate of drug-likeness (QED) is 0.856. The number of carbonyl (C=O) groups is 2. The minimum Gasteiger partial charge on any atom is -0.448 e. The third-order valence-electron chi connectivity index (χ3n) is 3.32. The number of ether oxygens (including phenoxy) is 1. The van der Waals surface area contributed by atoms with Gasteiger partial charge in [-0.2, -0.15) is 5.26 Å². The summed E-state index contributed by atoms with van der Waals surface area (Å²) in [5, 5.41) is 9.42. The van der Waals surface area contributed by atoms with Crippen molar-refractivity contribution < 1.29 is 14.3 Å². The van der Waals surface area contributed by atoms with Crippen molar-refractivity contribution in [3.8, 4) is 6.07 Å². The summed E-state index contributed by atoms with van der Waals surface area (Å²) in [5.74, 6) is -0.912. The van der Waals surface area contributed by atoms with E-state index in [1.807, 2.05) is 30.3 Å². The number of amides is 1. The van der Waals surface area contributed by atoms with E-state index in [1.54, 1.807) is 13.1 Å². The van der Waals surface area contributed by atoms with Crippen LogP contribution in [0.2, 0.25) is 0 Å². The van der Waals surface area contributed by atoms with Crippen molar-refractivity contribution in [1.29, 1.82) is 5.26 Å². The first-order valence-electron chi connectivity index (χ1n) is 6.93. The molecule has 0 radical (unpaired) electrons. The predicted molar refractivity (Wildman–Crippen MR) is 81.0 cm³/mol. The average molecular weight is 299 g/mol. The van der Waals surface area contributed by atoms with E-state index in [0.717, 1.165) is 10.9 Å². The van der Waals surface area contributed by atoms with Crippen molar-refractivity contribution in [3.63, 3.8) is 0 Å². The average Bonchev–Trinajstić information content (AvgIpc) is 2.95. The molecule has 1 heterocycles. The third-order valence-corrected chi connectivity index (χ3v) is 3.32. The SMILES string of the molecule is C[C@H](OC(=O)c1cc2ccccc2[nH]1)C(=O)N(C)CCC#N. The number of benzene rings is 1. The topological polar surface area (TPSA) is 86.2 Å². The third kappa shape index (κ3) is 3.44. The smallest absolute Gasteiger partial charge is 0.355 e. The number of hydrogen-bond donors (Lipinski definition) is 1. The van der Waals surface area contributed by atoms with Gasteiger partial charge in [-0.15, -0.1) is 0 Å². The number of nitrogens with zero attached hydrogens (tertiary/aromatic N) is 2. The zero-order valence-electron chi connectivity index (χ0n) is 12.5. The van der Waals surface area contributed by atoms with Crippen molar-refractivity contribution >= 4 is 22.8 Å². The molecule has 1 N–H and O–H groups in total. The standard InChI is InChI=1S/C16H17N3O3/c1-11(15(20)19(2)9-5-8-17)22-16(21)14-10-12-6-3-4-7-13(12)18-14/h3-4,6-7,10-11,18H,5,9H2,1-2H3/t11-/m0/s1. The number of fused-ring (bicyclic) bond motifs is 1. The molecule has 0 saturated carbocycles. The summed E-state index contributed by atoms with van der Waals surface area (Å²) < 4.78 is 5.18. The van der Waals surface area contributed by atoms with Crippen LogP contribution in [-0.2, 0) is 9.53 Å². The highest BCUT2D eigenvalue weighted by molar-refractivity contribution is 5.96. The molecule has 0 saturated heterocycles. The van der Waals surface area contributed by atoms with Crippen molar-refractivity contribution in [2.75, 3.05) is 13.6 Å². The Balaban J connectivity index is 2.01. The Labute approximate surface area is 128 Å². The van der Waals surface area contributed by atoms with Gasteiger partial charge < -0.3 is 14.6 Å². The fraction of sp³-hybridized carbons (Fsp3) is 0.312. The minimum atomic E-state index is -0.900. The van der Waals surface area contributed by atoms with Crippen LogP contribution >= 0.6 is 0 Å². The van der Waals surface area contributed by atoms with Crippen molar-refractivity contribution in [2.45, 2.75) is 19.4 Å². The fourth-order valence-electron chi connectivity index (χ4n) is 2.10. The summed E-state index contributed by atoms with van der Waals surface area (Å²) in [6, 6.07) is 11.1. The summed E-state index contributed by atoms with van der Waals surface area (Å²) in [5.41, 5.74) is 1.14. The van der Waals surface area contributed by atoms with E-state index in [1.165, 1.54) is 11.8 Å². The van der Waals surface area contributed by atoms with E-state index in [9.17, 15) is 9.59 Å². The molecule has 1 amide bonds. The molecule has 0 aliphatic rings. The lowest BCUT2D eigenvalue weighted by Gasteiger charge is -2.20. The maximum atomic E-state index is 12.1. The molecule has 2 rings (SSSR count). The second-order valence-corrected chi connectivity index (χ2v) is 4.99. The van der Waals surface area contributed by atoms with Gasteiger partial charge in [0.25, 0.3) is 5.91 Å². The van der Waals surface area contributed by atoms with Gasteiger partial charge in [-0.1, -0.05) is 18.2 Å². The van der Waals surface area contributed by atoms with E-state index < -0.39 is 12.1 Å². The number of aromatic nitrogens is 1. The Morgan fingerprint density at radius 3 is 2.82 bits per heavy atom. The number of rotatable bonds is 5. The highest BCUT2D eigenvalue weighted by atomic mass is 16.5. The molecule has 2 aromatic rings. The molecular weight excluding hydrogens is 282 g/mol. The molecule has 0 fully saturated rings. The fourth-order valence-corrected chi connectivity index (χ4v) is 2.10. The summed E-state index contributed by atoms with van der Waals surface area (Å²) in [6.07, 6.45) is -0.659. The lowest BCUT2D eigenvalue weighted by molar-refractivity contribution is -0.138. The van der Waals surface area contributed by atoms with Crippen molar-refractivity contribution in [2.24, 2.45) is 0 Å². The monoisotopic (exact) mass is 299 g/mol. The van der Waals surface area contributed by atoms with Crippen LogP contribution in [-0.4, -0.2) is 41.5 Å². The maximum absolute atomic E-state index is 12.1. The van der Waals surface area contributed by atoms with Gasteiger partial charge in [-0.25, -0.2) is 4.79 Å². The van der Waals surface area contributed by atoms with Gasteiger partial charge in [-0.3, -0.25) is 4.79 Å². The molecule has 0 aliphatic heterocycles. The first kappa shape index (κ1) is 15.6. The number of H-pyrrole nitrogens is 1. The summed E-state index contributed by atoms with van der Waals surface area (Å²) in [6.45, 7) is 1.83. The van der Waals surface area contributed by atoms with Crippen LogP contribution in [0, 0.1) is 11.3 Å². The van der Waals surface area contributed by atoms with E-state index in [4.69, 9.17) is 10.00 Å². The van der Waals surface area contributed by atoms with Gasteiger partial charge in [0.2, 0.25) is 0 Å². The van der Waals surface area contributed by atoms with Gasteiger partial charge in [0.05, 0.1) is 12.5 Å². The van der Waals surface area contributed by atoms with Crippen molar-refractivity contribution in [3.05, 3.63) is 36.0 Å². The number of nitriles is 1. The van der Waals surface area contributed by atoms with Crippen LogP contribution in [0.1, 0.15) is 23.8 Å². The Morgan fingerprint density at radius 1 is 1.41 bits per heavy atom. The summed E-state index contributed by atoms with van der Waals surface area (Å²) in [7, 11) is 1.58. The number of aromatic amines is 1. The number of likely N-dealkylation sites (N-methyl/N-ethyl adjacent to an activating group) is 1. The van der Waals surface area contributed by atoms with Crippen LogP contribution in [0.3, 0.4) is 0 Å². The molecule has 114 valence electrons. The van der Waals surface area contributed by atoms with E-state index >= 15 is 0 Å². The van der Waals surface area contributed by atoms with Crippen LogP contribution in [0.5, 0.6) is 0 Å². The maximum Gasteiger partial charge on any atom is 0.355 e. The number of para-hydroxylation sites is 1. The van der Waals surface area contributed by atoms with Crippen LogP contribution in [0.15, 0.2) is 30.3 Å².